The molecule has 0 amide bonds. The van der Waals surface area contributed by atoms with Gasteiger partial charge in [-0.05, 0) is 31.6 Å². The average molecular weight is 189 g/mol. The molecule has 14 heavy (non-hydrogen) atoms. The van der Waals surface area contributed by atoms with Crippen molar-refractivity contribution in [2.75, 3.05) is 0 Å². The van der Waals surface area contributed by atoms with Crippen molar-refractivity contribution in [3.8, 4) is 0 Å². The molecule has 0 spiro atoms. The van der Waals surface area contributed by atoms with E-state index in [-0.39, 0.29) is 0 Å². The maximum Gasteiger partial charge on any atom is 0.0701 e. The van der Waals surface area contributed by atoms with E-state index in [1.807, 2.05) is 52.0 Å². The third-order valence-electron chi connectivity index (χ3n) is 1.62. The molecule has 0 unspecified atom stereocenters. The Morgan fingerprint density at radius 2 is 2.07 bits per heavy atom. The molecular weight excluding hydrogens is 170 g/mol. The Kier molecular flexibility index (Phi) is 6.38. The van der Waals surface area contributed by atoms with E-state index in [0.29, 0.717) is 0 Å². The maximum atomic E-state index is 4.24. The van der Waals surface area contributed by atoms with Crippen molar-refractivity contribution in [3.05, 3.63) is 42.2 Å². The zero-order valence-corrected chi connectivity index (χ0v) is 9.54. The van der Waals surface area contributed by atoms with Gasteiger partial charge in [-0.2, -0.15) is 0 Å². The summed E-state index contributed by atoms with van der Waals surface area (Å²) in [5.74, 6) is 0. The smallest absolute Gasteiger partial charge is 0.0701 e. The molecule has 0 atom stereocenters. The Morgan fingerprint density at radius 3 is 2.57 bits per heavy atom. The Balaban J connectivity index is 0.000000791. The Hall–Kier alpha value is -1.37. The topological polar surface area (TPSA) is 12.9 Å². The van der Waals surface area contributed by atoms with Crippen LogP contribution >= 0.6 is 0 Å². The van der Waals surface area contributed by atoms with Crippen molar-refractivity contribution in [1.29, 1.82) is 0 Å². The first-order valence-corrected chi connectivity index (χ1v) is 4.99. The Bertz CT molecular complexity index is 311. The summed E-state index contributed by atoms with van der Waals surface area (Å²) in [4.78, 5) is 4.24. The highest BCUT2D eigenvalue weighted by atomic mass is 14.7. The second kappa shape index (κ2) is 7.07. The average Bonchev–Trinajstić information content (AvgIpc) is 2.22. The van der Waals surface area contributed by atoms with Gasteiger partial charge in [0, 0.05) is 11.8 Å². The van der Waals surface area contributed by atoms with Crippen LogP contribution in [0.3, 0.4) is 0 Å². The summed E-state index contributed by atoms with van der Waals surface area (Å²) in [5, 5.41) is 0. The predicted molar refractivity (Wildman–Crippen MR) is 65.0 cm³/mol. The zero-order valence-electron chi connectivity index (χ0n) is 9.54. The molecule has 0 saturated carbocycles. The van der Waals surface area contributed by atoms with E-state index in [2.05, 4.69) is 11.6 Å². The van der Waals surface area contributed by atoms with Crippen LogP contribution in [0.15, 0.2) is 31.0 Å². The summed E-state index contributed by atoms with van der Waals surface area (Å²) in [6, 6.07) is 3.96. The lowest BCUT2D eigenvalue weighted by Gasteiger charge is -2.02. The summed E-state index contributed by atoms with van der Waals surface area (Å²) >= 11 is 0. The van der Waals surface area contributed by atoms with Gasteiger partial charge in [-0.3, -0.25) is 4.98 Å². The fourth-order valence-electron chi connectivity index (χ4n) is 1.07. The van der Waals surface area contributed by atoms with Gasteiger partial charge < -0.3 is 0 Å². The number of nitrogens with zero attached hydrogens (tertiary/aromatic N) is 1. The van der Waals surface area contributed by atoms with Crippen molar-refractivity contribution in [3.63, 3.8) is 0 Å². The molecule has 1 aromatic heterocycles. The SMILES string of the molecule is C=C(C)c1cccnc1/C=C\C.CC. The number of aromatic nitrogens is 1. The maximum absolute atomic E-state index is 4.24. The monoisotopic (exact) mass is 189 g/mol. The lowest BCUT2D eigenvalue weighted by molar-refractivity contribution is 1.27. The first-order valence-electron chi connectivity index (χ1n) is 4.99. The van der Waals surface area contributed by atoms with Gasteiger partial charge in [-0.15, -0.1) is 0 Å². The third kappa shape index (κ3) is 3.56. The molecule has 0 N–H and O–H groups in total. The predicted octanol–water partition coefficient (Wildman–Crippen LogP) is 4.17. The molecule has 0 aliphatic heterocycles. The summed E-state index contributed by atoms with van der Waals surface area (Å²) in [5.41, 5.74) is 3.17. The highest BCUT2D eigenvalue weighted by Crippen LogP contribution is 2.15. The summed E-state index contributed by atoms with van der Waals surface area (Å²) in [6.07, 6.45) is 5.76. The van der Waals surface area contributed by atoms with E-state index >= 15 is 0 Å². The zero-order chi connectivity index (χ0) is 11.0. The molecule has 0 fully saturated rings. The van der Waals surface area contributed by atoms with Crippen LogP contribution in [-0.4, -0.2) is 4.98 Å². The summed E-state index contributed by atoms with van der Waals surface area (Å²) in [7, 11) is 0. The minimum Gasteiger partial charge on any atom is -0.256 e. The van der Waals surface area contributed by atoms with Crippen LogP contribution in [0, 0.1) is 0 Å². The third-order valence-corrected chi connectivity index (χ3v) is 1.62. The van der Waals surface area contributed by atoms with Crippen LogP contribution in [0.25, 0.3) is 11.6 Å². The first-order chi connectivity index (χ1) is 6.75. The molecule has 1 heterocycles. The van der Waals surface area contributed by atoms with Gasteiger partial charge in [0.2, 0.25) is 0 Å². The minimum atomic E-state index is 0.993. The lowest BCUT2D eigenvalue weighted by atomic mass is 10.1. The van der Waals surface area contributed by atoms with Gasteiger partial charge in [0.25, 0.3) is 0 Å². The number of hydrogen-bond acceptors (Lipinski definition) is 1. The fraction of sp³-hybridized carbons (Fsp3) is 0.308. The second-order valence-corrected chi connectivity index (χ2v) is 2.72. The normalized spacial score (nSPS) is 9.43. The molecule has 0 radical (unpaired) electrons. The van der Waals surface area contributed by atoms with E-state index in [4.69, 9.17) is 0 Å². The standard InChI is InChI=1S/C11H13N.C2H6/c1-4-6-11-10(9(2)3)7-5-8-12-11;1-2/h4-8H,2H2,1,3H3;1-2H3/b6-4-;. The van der Waals surface area contributed by atoms with Crippen molar-refractivity contribution in [2.45, 2.75) is 27.7 Å². The lowest BCUT2D eigenvalue weighted by Crippen LogP contribution is -1.87. The Labute approximate surface area is 87.2 Å². The van der Waals surface area contributed by atoms with Crippen LogP contribution in [0.5, 0.6) is 0 Å². The highest BCUT2D eigenvalue weighted by Gasteiger charge is 1.98. The molecule has 0 saturated heterocycles. The molecular formula is C13H19N. The van der Waals surface area contributed by atoms with E-state index < -0.39 is 0 Å². The molecule has 0 aliphatic carbocycles. The van der Waals surface area contributed by atoms with Crippen LogP contribution < -0.4 is 0 Å². The van der Waals surface area contributed by atoms with Crippen LogP contribution in [-0.2, 0) is 0 Å². The number of pyridine rings is 1. The van der Waals surface area contributed by atoms with Gasteiger partial charge >= 0.3 is 0 Å². The molecule has 0 bridgehead atoms. The largest absolute Gasteiger partial charge is 0.256 e. The molecule has 0 aliphatic rings. The molecule has 1 nitrogen and oxygen atoms in total. The summed E-state index contributed by atoms with van der Waals surface area (Å²) < 4.78 is 0. The van der Waals surface area contributed by atoms with Crippen molar-refractivity contribution < 1.29 is 0 Å². The quantitative estimate of drug-likeness (QED) is 0.680. The van der Waals surface area contributed by atoms with E-state index in [1.165, 1.54) is 0 Å². The van der Waals surface area contributed by atoms with E-state index in [9.17, 15) is 0 Å². The fourth-order valence-corrected chi connectivity index (χ4v) is 1.07. The van der Waals surface area contributed by atoms with Gasteiger partial charge in [0.05, 0.1) is 5.69 Å². The van der Waals surface area contributed by atoms with E-state index in [1.54, 1.807) is 6.20 Å². The van der Waals surface area contributed by atoms with E-state index in [0.717, 1.165) is 16.8 Å². The van der Waals surface area contributed by atoms with Gasteiger partial charge in [-0.25, -0.2) is 0 Å². The molecule has 1 heteroatoms. The minimum absolute atomic E-state index is 0.993. The summed E-state index contributed by atoms with van der Waals surface area (Å²) in [6.45, 7) is 11.9. The van der Waals surface area contributed by atoms with Gasteiger partial charge in [-0.1, -0.05) is 32.6 Å². The van der Waals surface area contributed by atoms with Crippen LogP contribution in [0.4, 0.5) is 0 Å². The molecule has 1 rings (SSSR count). The number of rotatable bonds is 2. The van der Waals surface area contributed by atoms with Gasteiger partial charge in [0.15, 0.2) is 0 Å². The van der Waals surface area contributed by atoms with Crippen LogP contribution in [0.2, 0.25) is 0 Å². The van der Waals surface area contributed by atoms with Crippen molar-refractivity contribution in [2.24, 2.45) is 0 Å². The van der Waals surface area contributed by atoms with Crippen molar-refractivity contribution >= 4 is 11.6 Å². The highest BCUT2D eigenvalue weighted by molar-refractivity contribution is 5.69. The first kappa shape index (κ1) is 12.6. The Morgan fingerprint density at radius 1 is 1.43 bits per heavy atom. The second-order valence-electron chi connectivity index (χ2n) is 2.72. The molecule has 76 valence electrons. The van der Waals surface area contributed by atoms with Crippen molar-refractivity contribution in [1.82, 2.24) is 4.98 Å². The molecule has 1 aromatic rings. The van der Waals surface area contributed by atoms with Gasteiger partial charge in [0.1, 0.15) is 0 Å². The van der Waals surface area contributed by atoms with Crippen LogP contribution in [0.1, 0.15) is 39.0 Å². The molecule has 0 aromatic carbocycles. The number of allylic oxidation sites excluding steroid dienone is 2. The number of hydrogen-bond donors (Lipinski definition) is 0.